The third kappa shape index (κ3) is 1010. The third-order valence-electron chi connectivity index (χ3n) is 0. The van der Waals surface area contributed by atoms with Gasteiger partial charge < -0.3 is 0 Å². The van der Waals surface area contributed by atoms with Gasteiger partial charge in [-0.05, 0) is 0 Å². The van der Waals surface area contributed by atoms with Gasteiger partial charge in [0.05, 0.1) is 0 Å². The minimum atomic E-state index is -5.62. The van der Waals surface area contributed by atoms with Crippen LogP contribution in [0.1, 0.15) is 0 Å². The summed E-state index contributed by atoms with van der Waals surface area (Å²) in [6, 6.07) is 0. The van der Waals surface area contributed by atoms with Crippen LogP contribution < -0.4 is 41.9 Å². The zero-order valence-electron chi connectivity index (χ0n) is 12.2. The molecule has 0 rings (SSSR count). The van der Waals surface area contributed by atoms with E-state index >= 15 is 0 Å². The van der Waals surface area contributed by atoms with Crippen LogP contribution in [0.3, 0.4) is 0 Å². The van der Waals surface area contributed by atoms with Crippen molar-refractivity contribution < 1.29 is 227 Å². The van der Waals surface area contributed by atoms with E-state index in [1.807, 2.05) is 0 Å². The van der Waals surface area contributed by atoms with Crippen LogP contribution in [0.2, 0.25) is 0 Å². The molecule has 0 heterocycles. The monoisotopic (exact) mass is 1090 g/mol. The molecule has 29 heteroatoms. The van der Waals surface area contributed by atoms with E-state index in [1.54, 1.807) is 0 Å². The molecule has 0 aromatic rings. The summed E-state index contributed by atoms with van der Waals surface area (Å²) in [5, 5.41) is 0. The van der Waals surface area contributed by atoms with Crippen LogP contribution in [-0.2, 0) is 105 Å². The molecule has 0 spiro atoms. The first-order valence-electron chi connectivity index (χ1n) is 3.09. The fourth-order valence-corrected chi connectivity index (χ4v) is 0. The summed E-state index contributed by atoms with van der Waals surface area (Å²) < 4.78 is 172. The molecule has 0 N–H and O–H groups in total. The molecular formula is Gd2Mn5O20Sr2. The van der Waals surface area contributed by atoms with E-state index in [4.69, 9.17) is 80.2 Å². The molecule has 0 amide bonds. The van der Waals surface area contributed by atoms with Gasteiger partial charge in [0, 0.05) is 0 Å². The fourth-order valence-electron chi connectivity index (χ4n) is 0. The van der Waals surface area contributed by atoms with Crippen molar-refractivity contribution in [1.82, 2.24) is 0 Å². The van der Waals surface area contributed by atoms with Gasteiger partial charge >= 0.3 is 318 Å². The van der Waals surface area contributed by atoms with Crippen LogP contribution in [-0.4, -0.2) is 91.0 Å². The molecule has 175 valence electrons. The Morgan fingerprint density at radius 2 is 0.276 bits per heavy atom. The Balaban J connectivity index is -0.0000000238. The van der Waals surface area contributed by atoms with Gasteiger partial charge in [-0.15, -0.1) is 0 Å². The van der Waals surface area contributed by atoms with Gasteiger partial charge in [-0.25, -0.2) is 0 Å². The first-order valence-corrected chi connectivity index (χ1v) is 12.7. The molecule has 0 unspecified atom stereocenters. The van der Waals surface area contributed by atoms with Gasteiger partial charge in [0.2, 0.25) is 0 Å². The molecule has 0 fully saturated rings. The summed E-state index contributed by atoms with van der Waals surface area (Å²) in [5.74, 6) is 0. The van der Waals surface area contributed by atoms with Gasteiger partial charge in [0.25, 0.3) is 0 Å². The quantitative estimate of drug-likeness (QED) is 0.203. The van der Waals surface area contributed by atoms with Gasteiger partial charge in [-0.2, -0.15) is 0 Å². The van der Waals surface area contributed by atoms with Crippen LogP contribution >= 0.6 is 0 Å². The predicted molar refractivity (Wildman–Crippen MR) is 18.4 cm³/mol. The maximum Gasteiger partial charge on any atom is 2.00 e. The predicted octanol–water partition coefficient (Wildman–Crippen LogP) is -13.9. The van der Waals surface area contributed by atoms with Crippen LogP contribution in [0, 0.1) is 79.9 Å². The van der Waals surface area contributed by atoms with Crippen LogP contribution in [0.5, 0.6) is 0 Å². The molecule has 0 aromatic carbocycles. The summed E-state index contributed by atoms with van der Waals surface area (Å²) in [7, 11) is 0. The van der Waals surface area contributed by atoms with Crippen molar-refractivity contribution in [3.63, 3.8) is 0 Å². The molecule has 20 nitrogen and oxygen atoms in total. The second kappa shape index (κ2) is 28.4. The largest absolute Gasteiger partial charge is 2.00 e. The SMILES string of the molecule is [Gd+3].[Gd+3].[O]=[Mn](=[O])([O-])[O-].[O]=[Mn](=[O])([O-])[O-].[O]=[Mn](=[O])([O-])[O-].[O]=[Mn](=[O])([O-])[O-].[O]=[Mn](=[O])([O-])[O-].[Sr+2].[Sr+2]. The van der Waals surface area contributed by atoms with E-state index in [9.17, 15) is 0 Å². The smallest absolute Gasteiger partial charge is 2.00 e. The molecule has 0 atom stereocenters. The maximum atomic E-state index is 8.58. The molecule has 0 saturated heterocycles. The Labute approximate surface area is 309 Å². The topological polar surface area (TPSA) is 401 Å². The van der Waals surface area contributed by atoms with E-state index in [2.05, 4.69) is 0 Å². The molecule has 2 radical (unpaired) electrons. The van der Waals surface area contributed by atoms with Gasteiger partial charge in [-0.3, -0.25) is 0 Å². The van der Waals surface area contributed by atoms with E-state index in [1.165, 1.54) is 0 Å². The van der Waals surface area contributed by atoms with Gasteiger partial charge in [0.15, 0.2) is 0 Å². The Kier molecular flexibility index (Phi) is 58.5. The van der Waals surface area contributed by atoms with Crippen LogP contribution in [0.25, 0.3) is 0 Å². The average Bonchev–Trinajstić information content (AvgIpc) is 1.79. The Bertz CT molecular complexity index is 629. The number of hydrogen-bond donors (Lipinski definition) is 0. The van der Waals surface area contributed by atoms with E-state index in [0.29, 0.717) is 0 Å². The van der Waals surface area contributed by atoms with Gasteiger partial charge in [-0.1, -0.05) is 0 Å². The Morgan fingerprint density at radius 3 is 0.276 bits per heavy atom. The number of hydrogen-bond acceptors (Lipinski definition) is 20. The van der Waals surface area contributed by atoms with E-state index < -0.39 is 66.8 Å². The molecule has 0 aromatic heterocycles. The maximum absolute atomic E-state index is 8.58. The normalized spacial score (nSPS) is 10.0. The van der Waals surface area contributed by atoms with Crippen LogP contribution in [0.15, 0.2) is 0 Å². The van der Waals surface area contributed by atoms with Crippen molar-refractivity contribution in [2.45, 2.75) is 0 Å². The second-order valence-electron chi connectivity index (χ2n) is 1.89. The first kappa shape index (κ1) is 59.7. The minimum absolute atomic E-state index is 0. The molecule has 0 bridgehead atoms. The molecule has 0 aliphatic heterocycles. The van der Waals surface area contributed by atoms with E-state index in [-0.39, 0.29) is 171 Å². The van der Waals surface area contributed by atoms with Crippen LogP contribution in [0.4, 0.5) is 0 Å². The van der Waals surface area contributed by atoms with Gasteiger partial charge in [0.1, 0.15) is 0 Å². The molecular weight excluding hydrogens is 1080 g/mol. The van der Waals surface area contributed by atoms with Crippen molar-refractivity contribution >= 4 is 91.0 Å². The van der Waals surface area contributed by atoms with Crippen molar-refractivity contribution in [1.29, 1.82) is 0 Å². The van der Waals surface area contributed by atoms with E-state index in [0.717, 1.165) is 0 Å². The minimum Gasteiger partial charge on any atom is 2.00 e. The third-order valence-corrected chi connectivity index (χ3v) is 0. The zero-order chi connectivity index (χ0) is 22.5. The zero-order valence-corrected chi connectivity index (χ0v) is 29.6. The van der Waals surface area contributed by atoms with Crippen molar-refractivity contribution in [2.24, 2.45) is 0 Å². The van der Waals surface area contributed by atoms with Crippen molar-refractivity contribution in [2.75, 3.05) is 0 Å². The molecule has 29 heavy (non-hydrogen) atoms. The first-order chi connectivity index (χ1) is 10.0. The summed E-state index contributed by atoms with van der Waals surface area (Å²) in [6.07, 6.45) is 0. The summed E-state index contributed by atoms with van der Waals surface area (Å²) >= 11 is -28.1. The fraction of sp³-hybridized carbons (Fsp3) is 0. The molecule has 0 saturated carbocycles. The molecule has 0 aliphatic carbocycles. The molecule has 0 aliphatic rings. The van der Waals surface area contributed by atoms with Crippen molar-refractivity contribution in [3.8, 4) is 0 Å². The Morgan fingerprint density at radius 1 is 0.276 bits per heavy atom. The summed E-state index contributed by atoms with van der Waals surface area (Å²) in [6.45, 7) is 0. The Hall–Kier alpha value is 5.81. The summed E-state index contributed by atoms with van der Waals surface area (Å²) in [5.41, 5.74) is 0. The summed E-state index contributed by atoms with van der Waals surface area (Å²) in [4.78, 5) is 0. The average molecular weight is 1080 g/mol. The second-order valence-corrected chi connectivity index (χ2v) is 7.79. The van der Waals surface area contributed by atoms with Crippen molar-refractivity contribution in [3.05, 3.63) is 0 Å². The number of rotatable bonds is 0. The standard InChI is InChI=1S/2Gd.5Mn.20O.2Sr/q2*+3;;;;;;;;;;;;;;;;10*-1;2*+2.